The van der Waals surface area contributed by atoms with Gasteiger partial charge in [-0.3, -0.25) is 0 Å². The number of halogens is 3. The van der Waals surface area contributed by atoms with Crippen LogP contribution in [0.15, 0.2) is 28.4 Å². The fourth-order valence-electron chi connectivity index (χ4n) is 0.755. The van der Waals surface area contributed by atoms with Gasteiger partial charge >= 0.3 is 0 Å². The first kappa shape index (κ1) is 13.7. The van der Waals surface area contributed by atoms with E-state index in [1.807, 2.05) is 0 Å². The Morgan fingerprint density at radius 1 is 1.40 bits per heavy atom. The zero-order chi connectivity index (χ0) is 10.6. The lowest BCUT2D eigenvalue weighted by Crippen LogP contribution is -2.21. The summed E-state index contributed by atoms with van der Waals surface area (Å²) in [6, 6.07) is 4.16. The van der Waals surface area contributed by atoms with Crippen LogP contribution >= 0.6 is 24.0 Å². The minimum atomic E-state index is -0.481. The zero-order valence-electron chi connectivity index (χ0n) is 7.52. The summed E-state index contributed by atoms with van der Waals surface area (Å²) in [5.74, 6) is -0.625. The maximum Gasteiger partial charge on any atom is 0.211 e. The van der Waals surface area contributed by atoms with Crippen LogP contribution in [-0.4, -0.2) is 12.2 Å². The van der Waals surface area contributed by atoms with Gasteiger partial charge in [0.15, 0.2) is 0 Å². The van der Waals surface area contributed by atoms with Crippen LogP contribution < -0.4 is 11.5 Å². The van der Waals surface area contributed by atoms with Crippen molar-refractivity contribution >= 4 is 36.2 Å². The quantitative estimate of drug-likeness (QED) is 0.474. The first-order valence-corrected chi connectivity index (χ1v) is 4.04. The van der Waals surface area contributed by atoms with Crippen LogP contribution in [0.3, 0.4) is 0 Å². The van der Waals surface area contributed by atoms with E-state index in [4.69, 9.17) is 23.1 Å². The second-order valence-electron chi connectivity index (χ2n) is 2.44. The van der Waals surface area contributed by atoms with Gasteiger partial charge < -0.3 is 11.5 Å². The van der Waals surface area contributed by atoms with Gasteiger partial charge in [-0.05, 0) is 17.7 Å². The molecule has 0 amide bonds. The van der Waals surface area contributed by atoms with Crippen LogP contribution in [0.4, 0.5) is 4.39 Å². The van der Waals surface area contributed by atoms with Gasteiger partial charge in [0, 0.05) is 0 Å². The third-order valence-corrected chi connectivity index (χ3v) is 1.61. The van der Waals surface area contributed by atoms with Crippen LogP contribution in [0.1, 0.15) is 5.56 Å². The van der Waals surface area contributed by atoms with Gasteiger partial charge in [0.1, 0.15) is 5.82 Å². The topological polar surface area (TPSA) is 76.8 Å². The van der Waals surface area contributed by atoms with E-state index in [0.29, 0.717) is 5.56 Å². The van der Waals surface area contributed by atoms with Crippen LogP contribution in [-0.2, 0) is 0 Å². The summed E-state index contributed by atoms with van der Waals surface area (Å²) in [6.07, 6.45) is 1.37. The van der Waals surface area contributed by atoms with Crippen molar-refractivity contribution in [1.82, 2.24) is 0 Å². The van der Waals surface area contributed by atoms with Crippen LogP contribution in [0.2, 0.25) is 5.02 Å². The predicted octanol–water partition coefficient (Wildman–Crippen LogP) is 1.51. The molecule has 4 N–H and O–H groups in total. The standard InChI is InChI=1S/C8H8ClFN4.ClH/c9-6-3-5(1-2-7(6)10)4-13-14-8(11)12;/h1-4H,(H4,11,12,14);1H. The number of hydrogen-bond acceptors (Lipinski definition) is 2. The molecule has 0 aliphatic carbocycles. The normalized spacial score (nSPS) is 9.73. The lowest BCUT2D eigenvalue weighted by atomic mass is 10.2. The van der Waals surface area contributed by atoms with E-state index in [1.54, 1.807) is 0 Å². The molecule has 1 rings (SSSR count). The molecule has 0 saturated heterocycles. The maximum absolute atomic E-state index is 12.7. The summed E-state index contributed by atoms with van der Waals surface area (Å²) in [4.78, 5) is 0. The number of nitrogens with two attached hydrogens (primary N) is 2. The van der Waals surface area contributed by atoms with Crippen molar-refractivity contribution in [2.24, 2.45) is 21.7 Å². The fourth-order valence-corrected chi connectivity index (χ4v) is 0.944. The minimum absolute atomic E-state index is 0. The Kier molecular flexibility index (Phi) is 5.66. The first-order valence-electron chi connectivity index (χ1n) is 3.66. The molecule has 0 saturated carbocycles. The van der Waals surface area contributed by atoms with Gasteiger partial charge in [-0.15, -0.1) is 17.5 Å². The number of hydrogen-bond donors (Lipinski definition) is 2. The molecule has 0 unspecified atom stereocenters. The molecule has 0 aliphatic rings. The van der Waals surface area contributed by atoms with Gasteiger partial charge in [-0.2, -0.15) is 5.10 Å². The molecule has 0 fully saturated rings. The highest BCUT2D eigenvalue weighted by molar-refractivity contribution is 6.31. The van der Waals surface area contributed by atoms with E-state index >= 15 is 0 Å². The average molecular weight is 251 g/mol. The number of benzene rings is 1. The Labute approximate surface area is 97.2 Å². The van der Waals surface area contributed by atoms with Gasteiger partial charge in [-0.25, -0.2) is 4.39 Å². The Hall–Kier alpha value is -1.33. The Bertz CT molecular complexity index is 388. The average Bonchev–Trinajstić information content (AvgIpc) is 2.10. The third kappa shape index (κ3) is 4.62. The predicted molar refractivity (Wildman–Crippen MR) is 62.1 cm³/mol. The summed E-state index contributed by atoms with van der Waals surface area (Å²) < 4.78 is 12.7. The fraction of sp³-hybridized carbons (Fsp3) is 0. The zero-order valence-corrected chi connectivity index (χ0v) is 9.10. The molecule has 1 aromatic carbocycles. The highest BCUT2D eigenvalue weighted by Crippen LogP contribution is 2.14. The largest absolute Gasteiger partial charge is 0.369 e. The Balaban J connectivity index is 0.00000196. The summed E-state index contributed by atoms with van der Waals surface area (Å²) in [7, 11) is 0. The van der Waals surface area contributed by atoms with Crippen molar-refractivity contribution in [3.63, 3.8) is 0 Å². The van der Waals surface area contributed by atoms with E-state index in [-0.39, 0.29) is 23.4 Å². The number of nitrogens with zero attached hydrogens (tertiary/aromatic N) is 2. The Morgan fingerprint density at radius 3 is 2.60 bits per heavy atom. The summed E-state index contributed by atoms with van der Waals surface area (Å²) in [6.45, 7) is 0. The first-order chi connectivity index (χ1) is 6.59. The molecule has 0 spiro atoms. The molecule has 7 heteroatoms. The summed E-state index contributed by atoms with van der Waals surface area (Å²) in [5, 5.41) is 6.95. The Morgan fingerprint density at radius 2 is 2.07 bits per heavy atom. The molecule has 0 atom stereocenters. The highest BCUT2D eigenvalue weighted by Gasteiger charge is 1.98. The van der Waals surface area contributed by atoms with E-state index in [2.05, 4.69) is 10.2 Å². The lowest BCUT2D eigenvalue weighted by Gasteiger charge is -1.94. The van der Waals surface area contributed by atoms with Crippen LogP contribution in [0.5, 0.6) is 0 Å². The molecule has 0 heterocycles. The summed E-state index contributed by atoms with van der Waals surface area (Å²) >= 11 is 5.53. The van der Waals surface area contributed by atoms with E-state index < -0.39 is 5.82 Å². The van der Waals surface area contributed by atoms with Gasteiger partial charge in [0.25, 0.3) is 0 Å². The van der Waals surface area contributed by atoms with Crippen LogP contribution in [0, 0.1) is 5.82 Å². The highest BCUT2D eigenvalue weighted by atomic mass is 35.5. The van der Waals surface area contributed by atoms with E-state index in [9.17, 15) is 4.39 Å². The molecular weight excluding hydrogens is 242 g/mol. The van der Waals surface area contributed by atoms with Gasteiger partial charge in [0.05, 0.1) is 11.2 Å². The third-order valence-electron chi connectivity index (χ3n) is 1.32. The number of rotatable bonds is 2. The SMILES string of the molecule is Cl.NC(N)=NN=Cc1ccc(F)c(Cl)c1. The van der Waals surface area contributed by atoms with Crippen molar-refractivity contribution in [2.45, 2.75) is 0 Å². The van der Waals surface area contributed by atoms with Crippen molar-refractivity contribution < 1.29 is 4.39 Å². The summed E-state index contributed by atoms with van der Waals surface area (Å²) in [5.41, 5.74) is 10.7. The van der Waals surface area contributed by atoms with E-state index in [1.165, 1.54) is 24.4 Å². The number of guanidine groups is 1. The molecule has 0 bridgehead atoms. The van der Waals surface area contributed by atoms with E-state index in [0.717, 1.165) is 0 Å². The molecule has 82 valence electrons. The molecule has 0 radical (unpaired) electrons. The minimum Gasteiger partial charge on any atom is -0.369 e. The molecular formula is C8H9Cl2FN4. The monoisotopic (exact) mass is 250 g/mol. The molecule has 4 nitrogen and oxygen atoms in total. The van der Waals surface area contributed by atoms with Crippen molar-refractivity contribution in [2.75, 3.05) is 0 Å². The molecule has 0 aliphatic heterocycles. The van der Waals surface area contributed by atoms with Crippen molar-refractivity contribution in [3.8, 4) is 0 Å². The second kappa shape index (κ2) is 6.21. The van der Waals surface area contributed by atoms with Crippen LogP contribution in [0.25, 0.3) is 0 Å². The molecule has 15 heavy (non-hydrogen) atoms. The maximum atomic E-state index is 12.7. The van der Waals surface area contributed by atoms with Gasteiger partial charge in [-0.1, -0.05) is 17.7 Å². The van der Waals surface area contributed by atoms with Crippen molar-refractivity contribution in [1.29, 1.82) is 0 Å². The van der Waals surface area contributed by atoms with Gasteiger partial charge in [0.2, 0.25) is 5.96 Å². The second-order valence-corrected chi connectivity index (χ2v) is 2.85. The smallest absolute Gasteiger partial charge is 0.211 e. The molecule has 1 aromatic rings. The molecule has 0 aromatic heterocycles. The van der Waals surface area contributed by atoms with Crippen molar-refractivity contribution in [3.05, 3.63) is 34.6 Å². The lowest BCUT2D eigenvalue weighted by molar-refractivity contribution is 0.628.